The summed E-state index contributed by atoms with van der Waals surface area (Å²) in [5.74, 6) is -0.804. The van der Waals surface area contributed by atoms with Crippen molar-refractivity contribution in [3.8, 4) is 5.75 Å². The van der Waals surface area contributed by atoms with E-state index in [1.807, 2.05) is 0 Å². The largest absolute Gasteiger partial charge is 0.497 e. The van der Waals surface area contributed by atoms with Crippen molar-refractivity contribution < 1.29 is 18.7 Å². The number of fused-ring (bicyclic) bond motifs is 1. The van der Waals surface area contributed by atoms with Gasteiger partial charge in [0.15, 0.2) is 0 Å². The van der Waals surface area contributed by atoms with Gasteiger partial charge in [0.2, 0.25) is 0 Å². The van der Waals surface area contributed by atoms with E-state index in [0.717, 1.165) is 0 Å². The lowest BCUT2D eigenvalue weighted by atomic mass is 10.1. The molecule has 2 aromatic carbocycles. The van der Waals surface area contributed by atoms with Gasteiger partial charge >= 0.3 is 5.63 Å². The van der Waals surface area contributed by atoms with Gasteiger partial charge in [0.1, 0.15) is 16.9 Å². The van der Waals surface area contributed by atoms with Gasteiger partial charge in [-0.2, -0.15) is 0 Å². The lowest BCUT2D eigenvalue weighted by molar-refractivity contribution is 0.0844. The van der Waals surface area contributed by atoms with Crippen LogP contribution in [0.3, 0.4) is 0 Å². The summed E-state index contributed by atoms with van der Waals surface area (Å²) in [6, 6.07) is 12.3. The van der Waals surface area contributed by atoms with Crippen molar-refractivity contribution in [3.05, 3.63) is 75.1 Å². The maximum atomic E-state index is 12.2. The minimum atomic E-state index is -0.819. The number of nitrogens with one attached hydrogen (secondary N) is 2. The van der Waals surface area contributed by atoms with Crippen molar-refractivity contribution in [1.82, 2.24) is 10.9 Å². The van der Waals surface area contributed by atoms with Crippen LogP contribution in [0.2, 0.25) is 5.02 Å². The highest BCUT2D eigenvalue weighted by molar-refractivity contribution is 6.30. The van der Waals surface area contributed by atoms with Crippen molar-refractivity contribution in [3.63, 3.8) is 0 Å². The number of rotatable bonds is 3. The van der Waals surface area contributed by atoms with E-state index in [1.165, 1.54) is 25.3 Å². The molecule has 0 aliphatic rings. The van der Waals surface area contributed by atoms with Gasteiger partial charge in [-0.25, -0.2) is 4.79 Å². The van der Waals surface area contributed by atoms with E-state index in [2.05, 4.69) is 10.9 Å². The Morgan fingerprint density at radius 1 is 1.00 bits per heavy atom. The van der Waals surface area contributed by atoms with E-state index >= 15 is 0 Å². The first-order valence-electron chi connectivity index (χ1n) is 7.46. The van der Waals surface area contributed by atoms with Crippen LogP contribution in [0.25, 0.3) is 11.0 Å². The highest BCUT2D eigenvalue weighted by Crippen LogP contribution is 2.20. The van der Waals surface area contributed by atoms with Crippen LogP contribution in [0.5, 0.6) is 5.75 Å². The maximum absolute atomic E-state index is 12.2. The van der Waals surface area contributed by atoms with Gasteiger partial charge in [-0.05, 0) is 48.5 Å². The molecule has 0 unspecified atom stereocenters. The van der Waals surface area contributed by atoms with Crippen LogP contribution in [-0.2, 0) is 0 Å². The van der Waals surface area contributed by atoms with E-state index in [-0.39, 0.29) is 5.56 Å². The summed E-state index contributed by atoms with van der Waals surface area (Å²) in [4.78, 5) is 36.2. The zero-order chi connectivity index (χ0) is 18.7. The lowest BCUT2D eigenvalue weighted by Crippen LogP contribution is -2.43. The highest BCUT2D eigenvalue weighted by atomic mass is 35.5. The average molecular weight is 373 g/mol. The van der Waals surface area contributed by atoms with Crippen molar-refractivity contribution >= 4 is 34.4 Å². The number of hydrogen-bond acceptors (Lipinski definition) is 5. The second kappa shape index (κ2) is 7.28. The molecule has 0 aliphatic heterocycles. The Morgan fingerprint density at radius 2 is 1.69 bits per heavy atom. The molecule has 0 aliphatic carbocycles. The zero-order valence-electron chi connectivity index (χ0n) is 13.5. The molecule has 8 heteroatoms. The normalized spacial score (nSPS) is 10.4. The fourth-order valence-corrected chi connectivity index (χ4v) is 2.37. The zero-order valence-corrected chi connectivity index (χ0v) is 14.3. The van der Waals surface area contributed by atoms with Gasteiger partial charge in [0.05, 0.1) is 7.11 Å². The Balaban J connectivity index is 1.78. The molecule has 0 fully saturated rings. The number of carbonyl (C=O) groups excluding carboxylic acids is 2. The van der Waals surface area contributed by atoms with E-state index in [1.54, 1.807) is 30.3 Å². The molecule has 0 saturated carbocycles. The summed E-state index contributed by atoms with van der Waals surface area (Å²) in [5, 5.41) is 0.993. The van der Waals surface area contributed by atoms with Crippen LogP contribution in [0, 0.1) is 0 Å². The minimum Gasteiger partial charge on any atom is -0.497 e. The summed E-state index contributed by atoms with van der Waals surface area (Å²) >= 11 is 5.76. The van der Waals surface area contributed by atoms with Crippen molar-refractivity contribution in [2.75, 3.05) is 7.11 Å². The molecule has 0 radical (unpaired) electrons. The fourth-order valence-electron chi connectivity index (χ4n) is 2.24. The van der Waals surface area contributed by atoms with Crippen LogP contribution < -0.4 is 21.2 Å². The number of amides is 2. The Labute approximate surface area is 152 Å². The Bertz CT molecular complexity index is 1040. The first-order chi connectivity index (χ1) is 12.5. The number of benzene rings is 2. The molecule has 0 atom stereocenters. The summed E-state index contributed by atoms with van der Waals surface area (Å²) in [7, 11) is 1.50. The number of carbonyl (C=O) groups is 2. The average Bonchev–Trinajstić information content (AvgIpc) is 2.65. The van der Waals surface area contributed by atoms with E-state index in [9.17, 15) is 14.4 Å². The van der Waals surface area contributed by atoms with Gasteiger partial charge in [0, 0.05) is 16.0 Å². The number of halogens is 1. The Kier molecular flexibility index (Phi) is 4.90. The molecule has 26 heavy (non-hydrogen) atoms. The van der Waals surface area contributed by atoms with E-state index < -0.39 is 17.4 Å². The molecule has 2 N–H and O–H groups in total. The third-order valence-electron chi connectivity index (χ3n) is 3.58. The Hall–Kier alpha value is -3.32. The number of hydrazine groups is 1. The van der Waals surface area contributed by atoms with Crippen molar-refractivity contribution in [2.45, 2.75) is 0 Å². The fraction of sp³-hybridized carbons (Fsp3) is 0.0556. The van der Waals surface area contributed by atoms with Gasteiger partial charge in [-0.3, -0.25) is 20.4 Å². The summed E-state index contributed by atoms with van der Waals surface area (Å²) in [6.07, 6.45) is 0. The van der Waals surface area contributed by atoms with E-state index in [0.29, 0.717) is 27.3 Å². The minimum absolute atomic E-state index is 0.248. The molecular formula is C18H13ClN2O5. The topological polar surface area (TPSA) is 97.6 Å². The quantitative estimate of drug-likeness (QED) is 0.544. The van der Waals surface area contributed by atoms with Gasteiger partial charge in [-0.1, -0.05) is 11.6 Å². The first kappa shape index (κ1) is 17.5. The van der Waals surface area contributed by atoms with E-state index in [4.69, 9.17) is 20.8 Å². The number of ether oxygens (including phenoxy) is 1. The van der Waals surface area contributed by atoms with Gasteiger partial charge < -0.3 is 9.15 Å². The maximum Gasteiger partial charge on any atom is 0.349 e. The molecule has 132 valence electrons. The highest BCUT2D eigenvalue weighted by Gasteiger charge is 2.15. The molecule has 0 spiro atoms. The monoisotopic (exact) mass is 372 g/mol. The van der Waals surface area contributed by atoms with Crippen LogP contribution >= 0.6 is 11.6 Å². The standard InChI is InChI=1S/C18H13ClN2O5/c1-25-13-6-7-15-11(8-13)9-14(18(24)26-15)17(23)21-20-16(22)10-2-4-12(19)5-3-10/h2-9H,1H3,(H,20,22)(H,21,23). The number of hydrogen-bond donors (Lipinski definition) is 2. The lowest BCUT2D eigenvalue weighted by Gasteiger charge is -2.08. The molecule has 3 rings (SSSR count). The molecule has 2 amide bonds. The van der Waals surface area contributed by atoms with Gasteiger partial charge in [-0.15, -0.1) is 0 Å². The van der Waals surface area contributed by atoms with Crippen molar-refractivity contribution in [2.24, 2.45) is 0 Å². The molecule has 1 aromatic heterocycles. The van der Waals surface area contributed by atoms with Gasteiger partial charge in [0.25, 0.3) is 11.8 Å². The smallest absolute Gasteiger partial charge is 0.349 e. The molecule has 1 heterocycles. The molecule has 0 saturated heterocycles. The van der Waals surface area contributed by atoms with Crippen LogP contribution in [0.15, 0.2) is 57.7 Å². The second-order valence-corrected chi connectivity index (χ2v) is 5.70. The van der Waals surface area contributed by atoms with Crippen LogP contribution in [-0.4, -0.2) is 18.9 Å². The molecule has 7 nitrogen and oxygen atoms in total. The Morgan fingerprint density at radius 3 is 2.38 bits per heavy atom. The molecular weight excluding hydrogens is 360 g/mol. The first-order valence-corrected chi connectivity index (χ1v) is 7.84. The third-order valence-corrected chi connectivity index (χ3v) is 3.83. The number of methoxy groups -OCH3 is 1. The predicted octanol–water partition coefficient (Wildman–Crippen LogP) is 2.53. The van der Waals surface area contributed by atoms with Crippen LogP contribution in [0.4, 0.5) is 0 Å². The van der Waals surface area contributed by atoms with Crippen molar-refractivity contribution in [1.29, 1.82) is 0 Å². The predicted molar refractivity (Wildman–Crippen MR) is 95.4 cm³/mol. The summed E-state index contributed by atoms with van der Waals surface area (Å²) < 4.78 is 10.2. The summed E-state index contributed by atoms with van der Waals surface area (Å²) in [5.41, 5.74) is 3.96. The molecule has 0 bridgehead atoms. The van der Waals surface area contributed by atoms with Crippen LogP contribution in [0.1, 0.15) is 20.7 Å². The third kappa shape index (κ3) is 3.68. The summed E-state index contributed by atoms with van der Waals surface area (Å²) in [6.45, 7) is 0. The second-order valence-electron chi connectivity index (χ2n) is 5.27. The molecule has 3 aromatic rings. The SMILES string of the molecule is COc1ccc2oc(=O)c(C(=O)NNC(=O)c3ccc(Cl)cc3)cc2c1.